The summed E-state index contributed by atoms with van der Waals surface area (Å²) in [5, 5.41) is 9.37. The number of hydrazine groups is 2. The highest BCUT2D eigenvalue weighted by atomic mass is 32.1. The number of nitrogens with zero attached hydrogens (tertiary/aromatic N) is 5. The van der Waals surface area contributed by atoms with E-state index in [0.29, 0.717) is 29.6 Å². The maximum Gasteiger partial charge on any atom is 0.416 e. The number of thiazole rings is 1. The van der Waals surface area contributed by atoms with E-state index in [9.17, 15) is 22.8 Å². The largest absolute Gasteiger partial charge is 0.416 e. The van der Waals surface area contributed by atoms with Crippen LogP contribution in [0.15, 0.2) is 48.8 Å². The number of likely N-dealkylation sites (N-methyl/N-ethyl adjacent to an activating group) is 1. The molecule has 0 unspecified atom stereocenters. The Morgan fingerprint density at radius 2 is 1.81 bits per heavy atom. The average molecular weight is 615 g/mol. The first kappa shape index (κ1) is 30.3. The van der Waals surface area contributed by atoms with Crippen molar-refractivity contribution in [3.05, 3.63) is 70.4 Å². The van der Waals surface area contributed by atoms with Crippen LogP contribution in [0.25, 0.3) is 5.70 Å². The fraction of sp³-hybridized carbons (Fsp3) is 0.345. The van der Waals surface area contributed by atoms with Crippen molar-refractivity contribution in [1.29, 1.82) is 0 Å². The maximum absolute atomic E-state index is 13.8. The minimum Gasteiger partial charge on any atom is -0.370 e. The highest BCUT2D eigenvalue weighted by Gasteiger charge is 2.32. The average Bonchev–Trinajstić information content (AvgIpc) is 3.48. The molecule has 1 fully saturated rings. The normalized spacial score (nSPS) is 16.3. The minimum atomic E-state index is -4.56. The van der Waals surface area contributed by atoms with E-state index < -0.39 is 17.6 Å². The number of carbonyl (C=O) groups is 2. The van der Waals surface area contributed by atoms with Crippen molar-refractivity contribution in [1.82, 2.24) is 20.4 Å². The quantitative estimate of drug-likeness (QED) is 0.358. The van der Waals surface area contributed by atoms with Crippen molar-refractivity contribution in [3.63, 3.8) is 0 Å². The van der Waals surface area contributed by atoms with E-state index in [2.05, 4.69) is 26.1 Å². The van der Waals surface area contributed by atoms with E-state index in [-0.39, 0.29) is 17.2 Å². The van der Waals surface area contributed by atoms with Crippen molar-refractivity contribution >= 4 is 51.0 Å². The predicted octanol–water partition coefficient (Wildman–Crippen LogP) is 4.99. The summed E-state index contributed by atoms with van der Waals surface area (Å²) < 4.78 is 41.5. The summed E-state index contributed by atoms with van der Waals surface area (Å²) in [4.78, 5) is 33.9. The summed E-state index contributed by atoms with van der Waals surface area (Å²) in [6.45, 7) is 6.13. The van der Waals surface area contributed by atoms with Crippen LogP contribution in [0, 0.1) is 6.92 Å². The molecule has 2 aromatic carbocycles. The van der Waals surface area contributed by atoms with Gasteiger partial charge in [0.15, 0.2) is 5.13 Å². The van der Waals surface area contributed by atoms with Gasteiger partial charge in [-0.25, -0.2) is 4.98 Å². The number of aryl methyl sites for hydroxylation is 1. The lowest BCUT2D eigenvalue weighted by Crippen LogP contribution is -2.38. The summed E-state index contributed by atoms with van der Waals surface area (Å²) in [5.74, 6) is -0.738. The van der Waals surface area contributed by atoms with Crippen LogP contribution in [0.4, 0.5) is 35.4 Å². The molecular formula is C29H33F3N8O2S. The van der Waals surface area contributed by atoms with Crippen LogP contribution in [-0.4, -0.2) is 67.0 Å². The van der Waals surface area contributed by atoms with Gasteiger partial charge >= 0.3 is 6.18 Å². The predicted molar refractivity (Wildman–Crippen MR) is 163 cm³/mol. The maximum atomic E-state index is 13.8. The van der Waals surface area contributed by atoms with Crippen molar-refractivity contribution in [2.75, 3.05) is 60.8 Å². The van der Waals surface area contributed by atoms with E-state index in [1.807, 2.05) is 32.1 Å². The molecule has 2 amide bonds. The van der Waals surface area contributed by atoms with E-state index >= 15 is 0 Å². The zero-order valence-electron chi connectivity index (χ0n) is 24.2. The van der Waals surface area contributed by atoms with Gasteiger partial charge < -0.3 is 20.4 Å². The topological polar surface area (TPSA) is 96.1 Å². The van der Waals surface area contributed by atoms with Gasteiger partial charge in [-0.2, -0.15) is 13.2 Å². The van der Waals surface area contributed by atoms with Crippen molar-refractivity contribution in [2.24, 2.45) is 0 Å². The van der Waals surface area contributed by atoms with E-state index in [4.69, 9.17) is 0 Å². The molecule has 3 N–H and O–H groups in total. The smallest absolute Gasteiger partial charge is 0.370 e. The van der Waals surface area contributed by atoms with E-state index in [0.717, 1.165) is 47.8 Å². The van der Waals surface area contributed by atoms with Crippen LogP contribution in [-0.2, 0) is 11.0 Å². The summed E-state index contributed by atoms with van der Waals surface area (Å²) in [6, 6.07) is 8.82. The number of anilines is 4. The molecule has 3 heterocycles. The molecule has 1 aromatic heterocycles. The van der Waals surface area contributed by atoms with Gasteiger partial charge in [0.25, 0.3) is 5.91 Å². The van der Waals surface area contributed by atoms with Gasteiger partial charge in [0, 0.05) is 62.9 Å². The van der Waals surface area contributed by atoms with Crippen LogP contribution in [0.1, 0.15) is 39.7 Å². The lowest BCUT2D eigenvalue weighted by Gasteiger charge is -2.25. The monoisotopic (exact) mass is 614 g/mol. The van der Waals surface area contributed by atoms with Crippen molar-refractivity contribution < 1.29 is 22.8 Å². The van der Waals surface area contributed by atoms with Crippen LogP contribution in [0.2, 0.25) is 0 Å². The molecule has 0 bridgehead atoms. The molecule has 0 saturated carbocycles. The summed E-state index contributed by atoms with van der Waals surface area (Å²) in [5.41, 5.74) is 5.52. The zero-order chi connectivity index (χ0) is 30.9. The number of aromatic nitrogens is 1. The van der Waals surface area contributed by atoms with Gasteiger partial charge in [0.2, 0.25) is 5.91 Å². The molecule has 2 aliphatic heterocycles. The SMILES string of the molecule is CC(=O)Nc1ncc(C2=CN(c3cc(C(=O)Nc4cc(N5CCCN(C)CC5)cc(C(F)(F)F)c4)ccc3C)NN2C)s1. The first-order valence-corrected chi connectivity index (χ1v) is 14.5. The molecular weight excluding hydrogens is 581 g/mol. The van der Waals surface area contributed by atoms with Gasteiger partial charge in [-0.1, -0.05) is 17.4 Å². The van der Waals surface area contributed by atoms with Crippen LogP contribution in [0.3, 0.4) is 0 Å². The number of carbonyl (C=O) groups excluding carboxylic acids is 2. The Balaban J connectivity index is 1.39. The third-order valence-corrected chi connectivity index (χ3v) is 8.17. The van der Waals surface area contributed by atoms with Gasteiger partial charge in [0.1, 0.15) is 0 Å². The van der Waals surface area contributed by atoms with Crippen molar-refractivity contribution in [3.8, 4) is 0 Å². The number of amides is 2. The molecule has 228 valence electrons. The number of hydrogen-bond acceptors (Lipinski definition) is 9. The number of alkyl halides is 3. The minimum absolute atomic E-state index is 0.0796. The van der Waals surface area contributed by atoms with Gasteiger partial charge in [-0.15, -0.1) is 5.53 Å². The van der Waals surface area contributed by atoms with E-state index in [1.54, 1.807) is 40.5 Å². The van der Waals surface area contributed by atoms with E-state index in [1.165, 1.54) is 18.3 Å². The Bertz CT molecular complexity index is 1560. The highest BCUT2D eigenvalue weighted by Crippen LogP contribution is 2.36. The Morgan fingerprint density at radius 3 is 2.56 bits per heavy atom. The van der Waals surface area contributed by atoms with Gasteiger partial charge in [-0.3, -0.25) is 19.6 Å². The lowest BCUT2D eigenvalue weighted by atomic mass is 10.1. The van der Waals surface area contributed by atoms with Crippen LogP contribution in [0.5, 0.6) is 0 Å². The van der Waals surface area contributed by atoms with Gasteiger partial charge in [0.05, 0.1) is 21.8 Å². The van der Waals surface area contributed by atoms with Crippen molar-refractivity contribution in [2.45, 2.75) is 26.4 Å². The Hall–Kier alpha value is -4.14. The summed E-state index contributed by atoms with van der Waals surface area (Å²) in [7, 11) is 3.82. The summed E-state index contributed by atoms with van der Waals surface area (Å²) in [6.07, 6.45) is -0.232. The molecule has 14 heteroatoms. The number of benzene rings is 2. The third-order valence-electron chi connectivity index (χ3n) is 7.23. The summed E-state index contributed by atoms with van der Waals surface area (Å²) >= 11 is 1.32. The molecule has 5 rings (SSSR count). The number of rotatable bonds is 6. The highest BCUT2D eigenvalue weighted by molar-refractivity contribution is 7.16. The Morgan fingerprint density at radius 1 is 1.02 bits per heavy atom. The molecule has 1 saturated heterocycles. The number of hydrogen-bond donors (Lipinski definition) is 3. The number of halogens is 3. The molecule has 43 heavy (non-hydrogen) atoms. The molecule has 0 spiro atoms. The molecule has 0 radical (unpaired) electrons. The lowest BCUT2D eigenvalue weighted by molar-refractivity contribution is -0.137. The fourth-order valence-corrected chi connectivity index (χ4v) is 5.86. The second kappa shape index (κ2) is 12.2. The van der Waals surface area contributed by atoms with Crippen LogP contribution < -0.4 is 26.1 Å². The first-order valence-electron chi connectivity index (χ1n) is 13.7. The fourth-order valence-electron chi connectivity index (χ4n) is 4.95. The third kappa shape index (κ3) is 7.09. The second-order valence-corrected chi connectivity index (χ2v) is 11.7. The van der Waals surface area contributed by atoms with Crippen LogP contribution >= 0.6 is 11.3 Å². The second-order valence-electron chi connectivity index (χ2n) is 10.6. The molecule has 2 aliphatic rings. The molecule has 0 atom stereocenters. The molecule has 3 aromatic rings. The molecule has 0 aliphatic carbocycles. The first-order chi connectivity index (χ1) is 20.4. The van der Waals surface area contributed by atoms with Gasteiger partial charge in [-0.05, 0) is 62.8 Å². The number of nitrogens with one attached hydrogen (secondary N) is 3. The zero-order valence-corrected chi connectivity index (χ0v) is 25.1. The molecule has 10 nitrogen and oxygen atoms in total. The Kier molecular flexibility index (Phi) is 8.62. The Labute approximate surface area is 251 Å². The standard InChI is InChI=1S/C29H33F3N8O2S/c1-18-6-7-20(12-24(18)40-17-25(38(4)36-40)26-16-33-28(43-26)34-19(2)41)27(42)35-22-13-21(29(30,31)32)14-23(15-22)39-9-5-8-37(3)10-11-39/h6-7,12-17,36H,5,8-11H2,1-4H3,(H,35,42)(H,33,34,41).